The normalized spacial score (nSPS) is 11.5. The fourth-order valence-corrected chi connectivity index (χ4v) is 2.68. The van der Waals surface area contributed by atoms with Gasteiger partial charge >= 0.3 is 12.1 Å². The second kappa shape index (κ2) is 14.0. The Labute approximate surface area is 187 Å². The first kappa shape index (κ1) is 24.2. The average molecular weight is 439 g/mol. The number of nitrogens with zero attached hydrogens (tertiary/aromatic N) is 2. The lowest BCUT2D eigenvalue weighted by Gasteiger charge is -2.07. The smallest absolute Gasteiger partial charge is 0.348 e. The van der Waals surface area contributed by atoms with Gasteiger partial charge in [0.25, 0.3) is 0 Å². The molecule has 0 aliphatic rings. The number of para-hydroxylation sites is 2. The van der Waals surface area contributed by atoms with Crippen LogP contribution < -0.4 is 32.7 Å². The van der Waals surface area contributed by atoms with Crippen molar-refractivity contribution in [1.82, 2.24) is 10.6 Å². The number of urea groups is 2. The molecule has 32 heavy (non-hydrogen) atoms. The standard InChI is InChI=1S/C22H30N8O2/c23-19(29-21(31)27-17-11-5-3-6-12-17)25-15-9-1-2-10-16-26-20(24)30-22(32)28-18-13-7-4-8-14-18/h3-8,11-14H,1-2,9-10,15-16H2,(H4,23,25,27,29,31)(H4,24,26,28,30,32). The molecule has 0 unspecified atom stereocenters. The lowest BCUT2D eigenvalue weighted by molar-refractivity contribution is 0.258. The van der Waals surface area contributed by atoms with Gasteiger partial charge in [-0.05, 0) is 37.1 Å². The first-order valence-electron chi connectivity index (χ1n) is 10.4. The van der Waals surface area contributed by atoms with Crippen LogP contribution in [0.15, 0.2) is 70.6 Å². The summed E-state index contributed by atoms with van der Waals surface area (Å²) < 4.78 is 0. The predicted octanol–water partition coefficient (Wildman–Crippen LogP) is 2.82. The topological polar surface area (TPSA) is 159 Å². The first-order valence-corrected chi connectivity index (χ1v) is 10.4. The Hall–Kier alpha value is -4.08. The number of rotatable bonds is 9. The lowest BCUT2D eigenvalue weighted by atomic mass is 10.2. The zero-order valence-electron chi connectivity index (χ0n) is 17.9. The van der Waals surface area contributed by atoms with E-state index in [0.717, 1.165) is 25.7 Å². The highest BCUT2D eigenvalue weighted by Gasteiger charge is 2.02. The molecule has 10 nitrogen and oxygen atoms in total. The Bertz CT molecular complexity index is 825. The highest BCUT2D eigenvalue weighted by atomic mass is 16.2. The number of nitrogens with two attached hydrogens (primary N) is 2. The number of benzene rings is 2. The van der Waals surface area contributed by atoms with E-state index in [0.29, 0.717) is 24.5 Å². The Kier molecular flexibility index (Phi) is 10.6. The maximum atomic E-state index is 11.8. The second-order valence-corrected chi connectivity index (χ2v) is 6.85. The van der Waals surface area contributed by atoms with Gasteiger partial charge in [-0.15, -0.1) is 0 Å². The van der Waals surface area contributed by atoms with Crippen LogP contribution in [0, 0.1) is 0 Å². The molecular weight excluding hydrogens is 408 g/mol. The van der Waals surface area contributed by atoms with Crippen LogP contribution in [0.5, 0.6) is 0 Å². The minimum Gasteiger partial charge on any atom is -0.370 e. The minimum absolute atomic E-state index is 0.0814. The maximum Gasteiger partial charge on any atom is 0.348 e. The van der Waals surface area contributed by atoms with Gasteiger partial charge in [-0.1, -0.05) is 49.2 Å². The highest BCUT2D eigenvalue weighted by Crippen LogP contribution is 2.06. The SMILES string of the molecule is NC(=NC(=O)Nc1ccccc1)NCCCCCCNC(N)=NC(=O)Nc1ccccc1. The Morgan fingerprint density at radius 2 is 1.00 bits per heavy atom. The molecule has 2 rings (SSSR count). The van der Waals surface area contributed by atoms with Crippen LogP contribution in [-0.2, 0) is 0 Å². The first-order chi connectivity index (χ1) is 15.5. The summed E-state index contributed by atoms with van der Waals surface area (Å²) in [6.45, 7) is 1.23. The number of hydrogen-bond acceptors (Lipinski definition) is 2. The molecule has 170 valence electrons. The molecule has 10 heteroatoms. The van der Waals surface area contributed by atoms with Crippen LogP contribution in [0.25, 0.3) is 0 Å². The maximum absolute atomic E-state index is 11.8. The molecule has 0 saturated carbocycles. The van der Waals surface area contributed by atoms with Gasteiger partial charge in [-0.25, -0.2) is 9.59 Å². The molecule has 0 aromatic heterocycles. The molecule has 0 atom stereocenters. The third-order valence-corrected chi connectivity index (χ3v) is 4.21. The number of carbonyl (C=O) groups is 2. The summed E-state index contributed by atoms with van der Waals surface area (Å²) in [5, 5.41) is 11.1. The molecular formula is C22H30N8O2. The van der Waals surface area contributed by atoms with Gasteiger partial charge in [0, 0.05) is 24.5 Å². The van der Waals surface area contributed by atoms with E-state index >= 15 is 0 Å². The Morgan fingerprint density at radius 3 is 1.38 bits per heavy atom. The van der Waals surface area contributed by atoms with Crippen molar-refractivity contribution in [2.24, 2.45) is 21.5 Å². The average Bonchev–Trinajstić information content (AvgIpc) is 2.76. The number of amides is 4. The largest absolute Gasteiger partial charge is 0.370 e. The molecule has 0 saturated heterocycles. The summed E-state index contributed by atoms with van der Waals surface area (Å²) in [4.78, 5) is 31.1. The zero-order valence-corrected chi connectivity index (χ0v) is 17.9. The van der Waals surface area contributed by atoms with E-state index < -0.39 is 12.1 Å². The van der Waals surface area contributed by atoms with E-state index in [2.05, 4.69) is 31.3 Å². The summed E-state index contributed by atoms with van der Waals surface area (Å²) >= 11 is 0. The molecule has 0 radical (unpaired) electrons. The molecule has 2 aromatic rings. The van der Waals surface area contributed by atoms with Crippen LogP contribution >= 0.6 is 0 Å². The van der Waals surface area contributed by atoms with Crippen molar-refractivity contribution in [2.45, 2.75) is 25.7 Å². The fourth-order valence-electron chi connectivity index (χ4n) is 2.68. The van der Waals surface area contributed by atoms with Gasteiger partial charge in [0.15, 0.2) is 11.9 Å². The number of aliphatic imine (C=N–C) groups is 2. The van der Waals surface area contributed by atoms with Crippen molar-refractivity contribution in [1.29, 1.82) is 0 Å². The molecule has 2 aromatic carbocycles. The van der Waals surface area contributed by atoms with Crippen molar-refractivity contribution in [3.05, 3.63) is 60.7 Å². The second-order valence-electron chi connectivity index (χ2n) is 6.85. The molecule has 0 spiro atoms. The Morgan fingerprint density at radius 1 is 0.625 bits per heavy atom. The van der Waals surface area contributed by atoms with Gasteiger partial charge in [0.2, 0.25) is 0 Å². The summed E-state index contributed by atoms with van der Waals surface area (Å²) in [6.07, 6.45) is 3.67. The predicted molar refractivity (Wildman–Crippen MR) is 129 cm³/mol. The van der Waals surface area contributed by atoms with E-state index in [9.17, 15) is 9.59 Å². The molecule has 0 heterocycles. The van der Waals surface area contributed by atoms with Crippen molar-refractivity contribution >= 4 is 35.4 Å². The van der Waals surface area contributed by atoms with E-state index in [1.165, 1.54) is 0 Å². The fraction of sp³-hybridized carbons (Fsp3) is 0.273. The van der Waals surface area contributed by atoms with E-state index in [1.807, 2.05) is 36.4 Å². The van der Waals surface area contributed by atoms with Crippen LogP contribution in [0.3, 0.4) is 0 Å². The van der Waals surface area contributed by atoms with E-state index in [1.54, 1.807) is 24.3 Å². The summed E-state index contributed by atoms with van der Waals surface area (Å²) in [5.41, 5.74) is 12.8. The summed E-state index contributed by atoms with van der Waals surface area (Å²) in [7, 11) is 0. The van der Waals surface area contributed by atoms with Crippen LogP contribution in [0.2, 0.25) is 0 Å². The van der Waals surface area contributed by atoms with Crippen molar-refractivity contribution in [3.8, 4) is 0 Å². The lowest BCUT2D eigenvalue weighted by Crippen LogP contribution is -2.34. The summed E-state index contributed by atoms with van der Waals surface area (Å²) in [6, 6.07) is 17.0. The third-order valence-electron chi connectivity index (χ3n) is 4.21. The number of unbranched alkanes of at least 4 members (excludes halogenated alkanes) is 3. The molecule has 8 N–H and O–H groups in total. The van der Waals surface area contributed by atoms with Gasteiger partial charge in [-0.3, -0.25) is 0 Å². The van der Waals surface area contributed by atoms with Crippen LogP contribution in [0.1, 0.15) is 25.7 Å². The number of nitrogens with one attached hydrogen (secondary N) is 4. The van der Waals surface area contributed by atoms with Crippen molar-refractivity contribution in [3.63, 3.8) is 0 Å². The summed E-state index contributed by atoms with van der Waals surface area (Å²) in [5.74, 6) is 0.163. The van der Waals surface area contributed by atoms with E-state index in [-0.39, 0.29) is 11.9 Å². The van der Waals surface area contributed by atoms with Gasteiger partial charge in [0.05, 0.1) is 0 Å². The number of carbonyl (C=O) groups excluding carboxylic acids is 2. The van der Waals surface area contributed by atoms with E-state index in [4.69, 9.17) is 11.5 Å². The monoisotopic (exact) mass is 438 g/mol. The zero-order chi connectivity index (χ0) is 23.0. The van der Waals surface area contributed by atoms with Crippen molar-refractivity contribution in [2.75, 3.05) is 23.7 Å². The van der Waals surface area contributed by atoms with Crippen LogP contribution in [-0.4, -0.2) is 37.1 Å². The highest BCUT2D eigenvalue weighted by molar-refractivity contribution is 5.99. The molecule has 4 amide bonds. The number of hydrogen-bond donors (Lipinski definition) is 6. The number of guanidine groups is 2. The molecule has 0 aliphatic heterocycles. The van der Waals surface area contributed by atoms with Gasteiger partial charge in [-0.2, -0.15) is 9.98 Å². The van der Waals surface area contributed by atoms with Gasteiger partial charge in [0.1, 0.15) is 0 Å². The molecule has 0 fully saturated rings. The molecule has 0 bridgehead atoms. The van der Waals surface area contributed by atoms with Gasteiger partial charge < -0.3 is 32.7 Å². The quantitative estimate of drug-likeness (QED) is 0.201. The number of anilines is 2. The van der Waals surface area contributed by atoms with Crippen molar-refractivity contribution < 1.29 is 9.59 Å². The third kappa shape index (κ3) is 10.6. The minimum atomic E-state index is -0.524. The molecule has 0 aliphatic carbocycles. The Balaban J connectivity index is 1.50. The van der Waals surface area contributed by atoms with Crippen LogP contribution in [0.4, 0.5) is 21.0 Å².